The smallest absolute Gasteiger partial charge is 0.118 e. The third-order valence-electron chi connectivity index (χ3n) is 4.07. The number of aryl methyl sites for hydroxylation is 1. The normalized spacial score (nSPS) is 24.4. The van der Waals surface area contributed by atoms with Crippen molar-refractivity contribution in [2.45, 2.75) is 43.4 Å². The van der Waals surface area contributed by atoms with Gasteiger partial charge in [-0.05, 0) is 56.1 Å². The lowest BCUT2D eigenvalue weighted by atomic mass is 9.91. The van der Waals surface area contributed by atoms with E-state index in [4.69, 9.17) is 10.6 Å². The Bertz CT molecular complexity index is 388. The van der Waals surface area contributed by atoms with E-state index in [0.717, 1.165) is 18.6 Å². The van der Waals surface area contributed by atoms with Gasteiger partial charge >= 0.3 is 0 Å². The van der Waals surface area contributed by atoms with Gasteiger partial charge in [-0.1, -0.05) is 12.1 Å². The van der Waals surface area contributed by atoms with E-state index in [-0.39, 0.29) is 0 Å². The first-order valence-electron chi connectivity index (χ1n) is 6.91. The van der Waals surface area contributed by atoms with Gasteiger partial charge in [0.2, 0.25) is 0 Å². The SMILES string of the molecule is COc1ccc(CCC(NN)C2(C)CCCS2)cc1. The lowest BCUT2D eigenvalue weighted by Gasteiger charge is -2.32. The van der Waals surface area contributed by atoms with Gasteiger partial charge in [0.15, 0.2) is 0 Å². The second-order valence-electron chi connectivity index (χ2n) is 5.37. The van der Waals surface area contributed by atoms with Gasteiger partial charge in [-0.25, -0.2) is 0 Å². The Morgan fingerprint density at radius 1 is 1.42 bits per heavy atom. The standard InChI is InChI=1S/C15H24N2OS/c1-15(10-3-11-19-15)14(17-16)9-6-12-4-7-13(18-2)8-5-12/h4-5,7-8,14,17H,3,6,9-11,16H2,1-2H3. The number of hydrogen-bond acceptors (Lipinski definition) is 4. The topological polar surface area (TPSA) is 47.3 Å². The molecule has 0 bridgehead atoms. The van der Waals surface area contributed by atoms with Gasteiger partial charge in [0, 0.05) is 10.8 Å². The minimum Gasteiger partial charge on any atom is -0.497 e. The number of thioether (sulfide) groups is 1. The summed E-state index contributed by atoms with van der Waals surface area (Å²) in [6.07, 6.45) is 4.69. The summed E-state index contributed by atoms with van der Waals surface area (Å²) in [5.74, 6) is 7.94. The molecule has 106 valence electrons. The average molecular weight is 280 g/mol. The molecule has 1 aromatic carbocycles. The van der Waals surface area contributed by atoms with Gasteiger partial charge in [-0.2, -0.15) is 11.8 Å². The summed E-state index contributed by atoms with van der Waals surface area (Å²) in [7, 11) is 1.70. The fourth-order valence-electron chi connectivity index (χ4n) is 2.74. The minimum atomic E-state index is 0.293. The number of hydrogen-bond donors (Lipinski definition) is 2. The lowest BCUT2D eigenvalue weighted by molar-refractivity contribution is 0.386. The number of methoxy groups -OCH3 is 1. The molecule has 1 fully saturated rings. The predicted molar refractivity (Wildman–Crippen MR) is 82.5 cm³/mol. The maximum atomic E-state index is 5.76. The molecule has 0 amide bonds. The quantitative estimate of drug-likeness (QED) is 0.621. The van der Waals surface area contributed by atoms with Gasteiger partial charge < -0.3 is 4.74 Å². The summed E-state index contributed by atoms with van der Waals surface area (Å²) >= 11 is 2.06. The van der Waals surface area contributed by atoms with Crippen molar-refractivity contribution in [3.63, 3.8) is 0 Å². The summed E-state index contributed by atoms with van der Waals surface area (Å²) in [4.78, 5) is 0. The van der Waals surface area contributed by atoms with Gasteiger partial charge in [-0.15, -0.1) is 0 Å². The number of rotatable bonds is 6. The van der Waals surface area contributed by atoms with Crippen molar-refractivity contribution < 1.29 is 4.74 Å². The van der Waals surface area contributed by atoms with E-state index < -0.39 is 0 Å². The highest BCUT2D eigenvalue weighted by molar-refractivity contribution is 8.00. The van der Waals surface area contributed by atoms with Crippen LogP contribution in [0.4, 0.5) is 0 Å². The maximum absolute atomic E-state index is 5.76. The van der Waals surface area contributed by atoms with E-state index in [9.17, 15) is 0 Å². The van der Waals surface area contributed by atoms with Gasteiger partial charge in [0.1, 0.15) is 5.75 Å². The molecule has 3 nitrogen and oxygen atoms in total. The molecule has 19 heavy (non-hydrogen) atoms. The highest BCUT2D eigenvalue weighted by Crippen LogP contribution is 2.41. The van der Waals surface area contributed by atoms with E-state index in [1.165, 1.54) is 24.2 Å². The predicted octanol–water partition coefficient (Wildman–Crippen LogP) is 2.75. The van der Waals surface area contributed by atoms with Crippen LogP contribution in [0.2, 0.25) is 0 Å². The molecule has 4 heteroatoms. The van der Waals surface area contributed by atoms with Crippen molar-refractivity contribution in [2.24, 2.45) is 5.84 Å². The molecule has 1 saturated heterocycles. The van der Waals surface area contributed by atoms with Crippen LogP contribution in [0.25, 0.3) is 0 Å². The van der Waals surface area contributed by atoms with Gasteiger partial charge in [0.25, 0.3) is 0 Å². The highest BCUT2D eigenvalue weighted by Gasteiger charge is 2.36. The maximum Gasteiger partial charge on any atom is 0.118 e. The Morgan fingerprint density at radius 2 is 2.16 bits per heavy atom. The highest BCUT2D eigenvalue weighted by atomic mass is 32.2. The first-order chi connectivity index (χ1) is 9.18. The van der Waals surface area contributed by atoms with Crippen LogP contribution in [0.3, 0.4) is 0 Å². The monoisotopic (exact) mass is 280 g/mol. The Morgan fingerprint density at radius 3 is 2.68 bits per heavy atom. The van der Waals surface area contributed by atoms with Crippen molar-refractivity contribution in [3.05, 3.63) is 29.8 Å². The second kappa shape index (κ2) is 6.64. The number of hydrazine groups is 1. The third-order valence-corrected chi connectivity index (χ3v) is 5.71. The Balaban J connectivity index is 1.91. The molecule has 0 aromatic heterocycles. The van der Waals surface area contributed by atoms with Crippen LogP contribution >= 0.6 is 11.8 Å². The van der Waals surface area contributed by atoms with Crippen LogP contribution in [0.15, 0.2) is 24.3 Å². The Hall–Kier alpha value is -0.710. The number of nitrogens with one attached hydrogen (secondary N) is 1. The summed E-state index contributed by atoms with van der Waals surface area (Å²) in [6, 6.07) is 8.69. The largest absolute Gasteiger partial charge is 0.497 e. The van der Waals surface area contributed by atoms with Crippen molar-refractivity contribution >= 4 is 11.8 Å². The Labute approximate surface area is 120 Å². The fourth-order valence-corrected chi connectivity index (χ4v) is 4.17. The van der Waals surface area contributed by atoms with Crippen molar-refractivity contribution in [3.8, 4) is 5.75 Å². The molecule has 0 radical (unpaired) electrons. The van der Waals surface area contributed by atoms with E-state index in [1.807, 2.05) is 12.1 Å². The molecular weight excluding hydrogens is 256 g/mol. The summed E-state index contributed by atoms with van der Waals surface area (Å²) in [6.45, 7) is 2.34. The zero-order valence-corrected chi connectivity index (χ0v) is 12.6. The second-order valence-corrected chi connectivity index (χ2v) is 7.00. The van der Waals surface area contributed by atoms with Crippen molar-refractivity contribution in [1.82, 2.24) is 5.43 Å². The van der Waals surface area contributed by atoms with Crippen molar-refractivity contribution in [1.29, 1.82) is 0 Å². The average Bonchev–Trinajstić information content (AvgIpc) is 2.88. The number of ether oxygens (including phenoxy) is 1. The molecule has 2 unspecified atom stereocenters. The molecule has 0 aliphatic carbocycles. The summed E-state index contributed by atoms with van der Waals surface area (Å²) in [5, 5.41) is 0. The number of benzene rings is 1. The molecule has 1 aliphatic rings. The molecule has 2 rings (SSSR count). The molecule has 1 aliphatic heterocycles. The van der Waals surface area contributed by atoms with E-state index >= 15 is 0 Å². The molecule has 0 spiro atoms. The molecule has 0 saturated carbocycles. The van der Waals surface area contributed by atoms with Gasteiger partial charge in [-0.3, -0.25) is 11.3 Å². The van der Waals surface area contributed by atoms with E-state index in [0.29, 0.717) is 10.8 Å². The first kappa shape index (κ1) is 14.7. The van der Waals surface area contributed by atoms with Crippen LogP contribution < -0.4 is 16.0 Å². The van der Waals surface area contributed by atoms with E-state index in [1.54, 1.807) is 7.11 Å². The first-order valence-corrected chi connectivity index (χ1v) is 7.89. The molecule has 1 aromatic rings. The van der Waals surface area contributed by atoms with Crippen LogP contribution in [-0.4, -0.2) is 23.7 Å². The zero-order valence-electron chi connectivity index (χ0n) is 11.8. The molecule has 3 N–H and O–H groups in total. The van der Waals surface area contributed by atoms with Crippen molar-refractivity contribution in [2.75, 3.05) is 12.9 Å². The third kappa shape index (κ3) is 3.65. The fraction of sp³-hybridized carbons (Fsp3) is 0.600. The number of nitrogens with two attached hydrogens (primary N) is 1. The summed E-state index contributed by atoms with van der Waals surface area (Å²) < 4.78 is 5.47. The minimum absolute atomic E-state index is 0.293. The van der Waals surface area contributed by atoms with E-state index in [2.05, 4.69) is 36.2 Å². The molecule has 1 heterocycles. The molecular formula is C15H24N2OS. The zero-order chi connectivity index (χ0) is 13.7. The van der Waals surface area contributed by atoms with Crippen LogP contribution in [0.5, 0.6) is 5.75 Å². The summed E-state index contributed by atoms with van der Waals surface area (Å²) in [5.41, 5.74) is 4.37. The lowest BCUT2D eigenvalue weighted by Crippen LogP contribution is -2.48. The van der Waals surface area contributed by atoms with Crippen LogP contribution in [0.1, 0.15) is 31.7 Å². The molecule has 2 atom stereocenters. The van der Waals surface area contributed by atoms with Crippen LogP contribution in [0, 0.1) is 0 Å². The van der Waals surface area contributed by atoms with Gasteiger partial charge in [0.05, 0.1) is 7.11 Å². The van der Waals surface area contributed by atoms with Crippen LogP contribution in [-0.2, 0) is 6.42 Å². The Kier molecular flexibility index (Phi) is 5.13.